The molecule has 0 saturated carbocycles. The summed E-state index contributed by atoms with van der Waals surface area (Å²) in [5.41, 5.74) is 2.61. The standard InChI is InChI=1S/C17H27ClN2/c1-3-8-15-10-5-6-12-20(15)17-14(13-19-4-2)9-7-11-16(17)18/h7,9,11,15,19H,3-6,8,10,12-13H2,1-2H3. The van der Waals surface area contributed by atoms with Crippen LogP contribution in [0.2, 0.25) is 5.02 Å². The van der Waals surface area contributed by atoms with Crippen LogP contribution in [-0.4, -0.2) is 19.1 Å². The molecule has 0 amide bonds. The first kappa shape index (κ1) is 15.7. The van der Waals surface area contributed by atoms with Gasteiger partial charge >= 0.3 is 0 Å². The molecule has 2 nitrogen and oxygen atoms in total. The number of rotatable bonds is 6. The van der Waals surface area contributed by atoms with Gasteiger partial charge in [0.25, 0.3) is 0 Å². The fourth-order valence-electron chi connectivity index (χ4n) is 3.21. The second kappa shape index (κ2) is 7.90. The molecule has 0 radical (unpaired) electrons. The number of halogens is 1. The van der Waals surface area contributed by atoms with E-state index in [2.05, 4.69) is 36.2 Å². The van der Waals surface area contributed by atoms with Gasteiger partial charge in [-0.25, -0.2) is 0 Å². The van der Waals surface area contributed by atoms with Crippen molar-refractivity contribution in [2.75, 3.05) is 18.0 Å². The molecule has 3 heteroatoms. The topological polar surface area (TPSA) is 15.3 Å². The van der Waals surface area contributed by atoms with Gasteiger partial charge < -0.3 is 10.2 Å². The Morgan fingerprint density at radius 3 is 2.90 bits per heavy atom. The number of nitrogens with one attached hydrogen (secondary N) is 1. The number of para-hydroxylation sites is 1. The van der Waals surface area contributed by atoms with E-state index in [-0.39, 0.29) is 0 Å². The van der Waals surface area contributed by atoms with E-state index < -0.39 is 0 Å². The Morgan fingerprint density at radius 2 is 2.15 bits per heavy atom. The van der Waals surface area contributed by atoms with E-state index in [0.29, 0.717) is 6.04 Å². The molecule has 0 bridgehead atoms. The molecule has 1 aromatic carbocycles. The molecule has 1 N–H and O–H groups in total. The van der Waals surface area contributed by atoms with Crippen LogP contribution in [0, 0.1) is 0 Å². The highest BCUT2D eigenvalue weighted by atomic mass is 35.5. The molecule has 1 fully saturated rings. The third-order valence-electron chi connectivity index (χ3n) is 4.17. The van der Waals surface area contributed by atoms with Crippen LogP contribution in [-0.2, 0) is 6.54 Å². The van der Waals surface area contributed by atoms with E-state index in [4.69, 9.17) is 11.6 Å². The number of anilines is 1. The average molecular weight is 295 g/mol. The minimum atomic E-state index is 0.661. The Labute approximate surface area is 128 Å². The maximum absolute atomic E-state index is 6.54. The van der Waals surface area contributed by atoms with Crippen molar-refractivity contribution in [3.05, 3.63) is 28.8 Å². The Morgan fingerprint density at radius 1 is 1.30 bits per heavy atom. The zero-order chi connectivity index (χ0) is 14.4. The summed E-state index contributed by atoms with van der Waals surface area (Å²) in [6.45, 7) is 7.46. The molecule has 2 rings (SSSR count). The number of benzene rings is 1. The summed E-state index contributed by atoms with van der Waals surface area (Å²) in [6, 6.07) is 6.97. The van der Waals surface area contributed by atoms with Crippen LogP contribution in [0.5, 0.6) is 0 Å². The average Bonchev–Trinajstić information content (AvgIpc) is 2.46. The number of piperidine rings is 1. The molecular formula is C17H27ClN2. The van der Waals surface area contributed by atoms with Gasteiger partial charge in [-0.3, -0.25) is 0 Å². The summed E-state index contributed by atoms with van der Waals surface area (Å²) in [4.78, 5) is 2.57. The quantitative estimate of drug-likeness (QED) is 0.824. The molecular weight excluding hydrogens is 268 g/mol. The van der Waals surface area contributed by atoms with Gasteiger partial charge in [-0.1, -0.05) is 44.0 Å². The van der Waals surface area contributed by atoms with E-state index >= 15 is 0 Å². The van der Waals surface area contributed by atoms with Gasteiger partial charge in [0.2, 0.25) is 0 Å². The minimum Gasteiger partial charge on any atom is -0.367 e. The monoisotopic (exact) mass is 294 g/mol. The maximum atomic E-state index is 6.54. The molecule has 1 unspecified atom stereocenters. The lowest BCUT2D eigenvalue weighted by molar-refractivity contribution is 0.433. The molecule has 1 saturated heterocycles. The van der Waals surface area contributed by atoms with E-state index in [1.807, 2.05) is 6.07 Å². The number of nitrogens with zero attached hydrogens (tertiary/aromatic N) is 1. The van der Waals surface area contributed by atoms with Gasteiger partial charge in [-0.05, 0) is 43.9 Å². The van der Waals surface area contributed by atoms with Crippen LogP contribution in [0.25, 0.3) is 0 Å². The highest BCUT2D eigenvalue weighted by molar-refractivity contribution is 6.33. The predicted octanol–water partition coefficient (Wildman–Crippen LogP) is 4.61. The SMILES string of the molecule is CCCC1CCCCN1c1c(Cl)cccc1CNCC. The molecule has 20 heavy (non-hydrogen) atoms. The summed E-state index contributed by atoms with van der Waals surface area (Å²) in [7, 11) is 0. The number of hydrogen-bond acceptors (Lipinski definition) is 2. The number of hydrogen-bond donors (Lipinski definition) is 1. The van der Waals surface area contributed by atoms with Gasteiger partial charge in [0.15, 0.2) is 0 Å². The summed E-state index contributed by atoms with van der Waals surface area (Å²) < 4.78 is 0. The van der Waals surface area contributed by atoms with Crippen molar-refractivity contribution in [1.29, 1.82) is 0 Å². The first-order valence-electron chi connectivity index (χ1n) is 8.02. The van der Waals surface area contributed by atoms with Gasteiger partial charge in [0.1, 0.15) is 0 Å². The lowest BCUT2D eigenvalue weighted by Crippen LogP contribution is -2.40. The fraction of sp³-hybridized carbons (Fsp3) is 0.647. The van der Waals surface area contributed by atoms with Crippen LogP contribution < -0.4 is 10.2 Å². The summed E-state index contributed by atoms with van der Waals surface area (Å²) in [5, 5.41) is 4.34. The third-order valence-corrected chi connectivity index (χ3v) is 4.48. The van der Waals surface area contributed by atoms with Crippen molar-refractivity contribution in [2.24, 2.45) is 0 Å². The Balaban J connectivity index is 2.28. The van der Waals surface area contributed by atoms with Crippen LogP contribution in [0.1, 0.15) is 51.5 Å². The minimum absolute atomic E-state index is 0.661. The first-order valence-corrected chi connectivity index (χ1v) is 8.40. The van der Waals surface area contributed by atoms with Crippen molar-refractivity contribution >= 4 is 17.3 Å². The van der Waals surface area contributed by atoms with Crippen LogP contribution >= 0.6 is 11.6 Å². The first-order chi connectivity index (χ1) is 9.77. The maximum Gasteiger partial charge on any atom is 0.0643 e. The van der Waals surface area contributed by atoms with E-state index in [0.717, 1.165) is 24.7 Å². The van der Waals surface area contributed by atoms with Crippen LogP contribution in [0.4, 0.5) is 5.69 Å². The lowest BCUT2D eigenvalue weighted by Gasteiger charge is -2.39. The summed E-state index contributed by atoms with van der Waals surface area (Å²) in [5.74, 6) is 0. The molecule has 1 heterocycles. The van der Waals surface area contributed by atoms with E-state index in [1.54, 1.807) is 0 Å². The van der Waals surface area contributed by atoms with Gasteiger partial charge in [-0.15, -0.1) is 0 Å². The third kappa shape index (κ3) is 3.67. The molecule has 0 spiro atoms. The second-order valence-electron chi connectivity index (χ2n) is 5.66. The highest BCUT2D eigenvalue weighted by Gasteiger charge is 2.25. The fourth-order valence-corrected chi connectivity index (χ4v) is 3.51. The Hall–Kier alpha value is -0.730. The predicted molar refractivity (Wildman–Crippen MR) is 88.7 cm³/mol. The van der Waals surface area contributed by atoms with Crippen molar-refractivity contribution in [3.63, 3.8) is 0 Å². The zero-order valence-corrected chi connectivity index (χ0v) is 13.5. The van der Waals surface area contributed by atoms with Crippen molar-refractivity contribution in [2.45, 2.75) is 58.5 Å². The Kier molecular flexibility index (Phi) is 6.18. The van der Waals surface area contributed by atoms with Crippen LogP contribution in [0.15, 0.2) is 18.2 Å². The lowest BCUT2D eigenvalue weighted by atomic mass is 9.96. The molecule has 0 aliphatic carbocycles. The van der Waals surface area contributed by atoms with Crippen molar-refractivity contribution in [3.8, 4) is 0 Å². The van der Waals surface area contributed by atoms with Gasteiger partial charge in [0.05, 0.1) is 10.7 Å². The summed E-state index contributed by atoms with van der Waals surface area (Å²) in [6.07, 6.45) is 6.46. The Bertz CT molecular complexity index is 417. The second-order valence-corrected chi connectivity index (χ2v) is 6.07. The van der Waals surface area contributed by atoms with Crippen molar-refractivity contribution < 1.29 is 0 Å². The zero-order valence-electron chi connectivity index (χ0n) is 12.8. The van der Waals surface area contributed by atoms with E-state index in [1.165, 1.54) is 43.4 Å². The van der Waals surface area contributed by atoms with Gasteiger partial charge in [0, 0.05) is 19.1 Å². The van der Waals surface area contributed by atoms with Crippen molar-refractivity contribution in [1.82, 2.24) is 5.32 Å². The van der Waals surface area contributed by atoms with Gasteiger partial charge in [-0.2, -0.15) is 0 Å². The highest BCUT2D eigenvalue weighted by Crippen LogP contribution is 2.35. The molecule has 0 aromatic heterocycles. The molecule has 1 atom stereocenters. The van der Waals surface area contributed by atoms with Crippen LogP contribution in [0.3, 0.4) is 0 Å². The smallest absolute Gasteiger partial charge is 0.0643 e. The van der Waals surface area contributed by atoms with E-state index in [9.17, 15) is 0 Å². The molecule has 1 aliphatic heterocycles. The summed E-state index contributed by atoms with van der Waals surface area (Å²) >= 11 is 6.54. The normalized spacial score (nSPS) is 19.4. The molecule has 112 valence electrons. The largest absolute Gasteiger partial charge is 0.367 e. The molecule has 1 aliphatic rings. The molecule has 1 aromatic rings.